The summed E-state index contributed by atoms with van der Waals surface area (Å²) in [5.74, 6) is -0.456. The predicted octanol–water partition coefficient (Wildman–Crippen LogP) is 0.347. The third-order valence-corrected chi connectivity index (χ3v) is 2.37. The van der Waals surface area contributed by atoms with Crippen LogP contribution in [0.4, 0.5) is 0 Å². The van der Waals surface area contributed by atoms with Crippen LogP contribution < -0.4 is 5.32 Å². The lowest BCUT2D eigenvalue weighted by Gasteiger charge is -2.01. The largest absolute Gasteiger partial charge is 0.353 e. The van der Waals surface area contributed by atoms with E-state index in [9.17, 15) is 13.2 Å². The number of rotatable bonds is 7. The highest BCUT2D eigenvalue weighted by Gasteiger charge is 2.02. The molecule has 0 fully saturated rings. The van der Waals surface area contributed by atoms with E-state index in [4.69, 9.17) is 4.55 Å². The molecule has 0 atom stereocenters. The quantitative estimate of drug-likeness (QED) is 0.369. The summed E-state index contributed by atoms with van der Waals surface area (Å²) in [6.07, 6.45) is 2.92. The summed E-state index contributed by atoms with van der Waals surface area (Å²) in [5.41, 5.74) is 0. The summed E-state index contributed by atoms with van der Waals surface area (Å²) in [4.78, 5) is 10.6. The second kappa shape index (κ2) is 6.56. The average molecular weight is 221 g/mol. The minimum absolute atomic E-state index is 0.220. The molecule has 1 amide bonds. The third kappa shape index (κ3) is 9.21. The van der Waals surface area contributed by atoms with Crippen LogP contribution in [0.25, 0.3) is 0 Å². The highest BCUT2D eigenvalue weighted by Crippen LogP contribution is 1.97. The van der Waals surface area contributed by atoms with Crippen LogP contribution >= 0.6 is 0 Å². The van der Waals surface area contributed by atoms with Gasteiger partial charge in [0.2, 0.25) is 5.91 Å². The molecule has 0 rings (SSSR count). The molecule has 0 saturated carbocycles. The maximum absolute atomic E-state index is 10.6. The molecule has 0 aliphatic rings. The van der Waals surface area contributed by atoms with Gasteiger partial charge in [0, 0.05) is 6.54 Å². The van der Waals surface area contributed by atoms with Crippen LogP contribution in [-0.2, 0) is 14.9 Å². The number of amides is 1. The minimum atomic E-state index is -3.84. The van der Waals surface area contributed by atoms with Gasteiger partial charge < -0.3 is 5.32 Å². The zero-order valence-corrected chi connectivity index (χ0v) is 8.72. The molecule has 2 N–H and O–H groups in total. The lowest BCUT2D eigenvalue weighted by atomic mass is 10.2. The average Bonchev–Trinajstić information content (AvgIpc) is 2.08. The van der Waals surface area contributed by atoms with Crippen molar-refractivity contribution >= 4 is 16.0 Å². The second-order valence-corrected chi connectivity index (χ2v) is 4.41. The first kappa shape index (κ1) is 13.1. The maximum atomic E-state index is 10.6. The smallest absolute Gasteiger partial charge is 0.264 e. The standard InChI is InChI=1S/C8H15NO4S/c1-2-8(10)9-6-4-3-5-7-14(11,12)13/h2H,1,3-7H2,(H,9,10)(H,11,12,13). The van der Waals surface area contributed by atoms with E-state index in [2.05, 4.69) is 11.9 Å². The van der Waals surface area contributed by atoms with Crippen LogP contribution in [0.5, 0.6) is 0 Å². The molecule has 0 spiro atoms. The summed E-state index contributed by atoms with van der Waals surface area (Å²) in [7, 11) is -3.84. The van der Waals surface area contributed by atoms with Gasteiger partial charge in [0.25, 0.3) is 10.1 Å². The number of hydrogen-bond acceptors (Lipinski definition) is 3. The molecule has 14 heavy (non-hydrogen) atoms. The van der Waals surface area contributed by atoms with Gasteiger partial charge in [-0.25, -0.2) is 0 Å². The van der Waals surface area contributed by atoms with Gasteiger partial charge >= 0.3 is 0 Å². The summed E-state index contributed by atoms with van der Waals surface area (Å²) in [5, 5.41) is 2.56. The van der Waals surface area contributed by atoms with Crippen molar-refractivity contribution in [3.8, 4) is 0 Å². The van der Waals surface area contributed by atoms with Crippen LogP contribution in [0.3, 0.4) is 0 Å². The molecular formula is C8H15NO4S. The molecule has 82 valence electrons. The van der Waals surface area contributed by atoms with E-state index in [1.165, 1.54) is 6.08 Å². The number of carbonyl (C=O) groups is 1. The van der Waals surface area contributed by atoms with Gasteiger partial charge in [-0.05, 0) is 18.9 Å². The lowest BCUT2D eigenvalue weighted by molar-refractivity contribution is -0.116. The van der Waals surface area contributed by atoms with Crippen LogP contribution in [0.15, 0.2) is 12.7 Å². The summed E-state index contributed by atoms with van der Waals surface area (Å²) >= 11 is 0. The molecule has 0 aliphatic carbocycles. The van der Waals surface area contributed by atoms with Crippen molar-refractivity contribution in [2.24, 2.45) is 0 Å². The van der Waals surface area contributed by atoms with Crippen molar-refractivity contribution in [1.82, 2.24) is 5.32 Å². The van der Waals surface area contributed by atoms with Crippen molar-refractivity contribution in [1.29, 1.82) is 0 Å². The molecule has 0 saturated heterocycles. The molecule has 0 aliphatic heterocycles. The molecule has 5 nitrogen and oxygen atoms in total. The van der Waals surface area contributed by atoms with E-state index in [0.717, 1.165) is 0 Å². The number of hydrogen-bond donors (Lipinski definition) is 2. The Morgan fingerprint density at radius 2 is 2.00 bits per heavy atom. The Labute approximate surface area is 83.9 Å². The van der Waals surface area contributed by atoms with Crippen molar-refractivity contribution in [3.63, 3.8) is 0 Å². The monoisotopic (exact) mass is 221 g/mol. The van der Waals surface area contributed by atoms with Gasteiger partial charge in [-0.1, -0.05) is 13.0 Å². The first-order valence-electron chi connectivity index (χ1n) is 4.31. The molecular weight excluding hydrogens is 206 g/mol. The fraction of sp³-hybridized carbons (Fsp3) is 0.625. The summed E-state index contributed by atoms with van der Waals surface area (Å²) in [6, 6.07) is 0. The van der Waals surface area contributed by atoms with Crippen LogP contribution in [0, 0.1) is 0 Å². The van der Waals surface area contributed by atoms with Crippen molar-refractivity contribution in [2.75, 3.05) is 12.3 Å². The van der Waals surface area contributed by atoms with Gasteiger partial charge in [0.15, 0.2) is 0 Å². The minimum Gasteiger partial charge on any atom is -0.353 e. The zero-order chi connectivity index (χ0) is 11.0. The van der Waals surface area contributed by atoms with Crippen LogP contribution in [0.2, 0.25) is 0 Å². The molecule has 0 heterocycles. The van der Waals surface area contributed by atoms with Crippen molar-refractivity contribution in [2.45, 2.75) is 19.3 Å². The molecule has 0 aromatic rings. The summed E-state index contributed by atoms with van der Waals surface area (Å²) < 4.78 is 29.0. The van der Waals surface area contributed by atoms with E-state index in [0.29, 0.717) is 25.8 Å². The zero-order valence-electron chi connectivity index (χ0n) is 7.90. The van der Waals surface area contributed by atoms with Crippen LogP contribution in [-0.4, -0.2) is 31.2 Å². The molecule has 0 aromatic carbocycles. The number of carbonyl (C=O) groups excluding carboxylic acids is 1. The Morgan fingerprint density at radius 1 is 1.36 bits per heavy atom. The SMILES string of the molecule is C=CC(=O)NCCCCCS(=O)(=O)O. The van der Waals surface area contributed by atoms with Crippen molar-refractivity contribution < 1.29 is 17.8 Å². The van der Waals surface area contributed by atoms with Gasteiger partial charge in [-0.2, -0.15) is 8.42 Å². The molecule has 6 heteroatoms. The maximum Gasteiger partial charge on any atom is 0.264 e. The Kier molecular flexibility index (Phi) is 6.14. The fourth-order valence-electron chi connectivity index (χ4n) is 0.870. The van der Waals surface area contributed by atoms with Gasteiger partial charge in [-0.15, -0.1) is 0 Å². The van der Waals surface area contributed by atoms with E-state index < -0.39 is 10.1 Å². The highest BCUT2D eigenvalue weighted by atomic mass is 32.2. The van der Waals surface area contributed by atoms with Gasteiger partial charge in [-0.3, -0.25) is 9.35 Å². The normalized spacial score (nSPS) is 10.9. The first-order valence-corrected chi connectivity index (χ1v) is 5.92. The Morgan fingerprint density at radius 3 is 2.50 bits per heavy atom. The number of unbranched alkanes of at least 4 members (excludes halogenated alkanes) is 2. The summed E-state index contributed by atoms with van der Waals surface area (Å²) in [6.45, 7) is 3.78. The first-order chi connectivity index (χ1) is 6.45. The molecule has 0 aromatic heterocycles. The predicted molar refractivity (Wildman–Crippen MR) is 53.5 cm³/mol. The van der Waals surface area contributed by atoms with Crippen LogP contribution in [0.1, 0.15) is 19.3 Å². The van der Waals surface area contributed by atoms with Gasteiger partial charge in [0.05, 0.1) is 5.75 Å². The van der Waals surface area contributed by atoms with Gasteiger partial charge in [0.1, 0.15) is 0 Å². The third-order valence-electron chi connectivity index (χ3n) is 1.56. The highest BCUT2D eigenvalue weighted by molar-refractivity contribution is 7.85. The molecule has 0 radical (unpaired) electrons. The topological polar surface area (TPSA) is 83.5 Å². The van der Waals surface area contributed by atoms with Crippen molar-refractivity contribution in [3.05, 3.63) is 12.7 Å². The Balaban J connectivity index is 3.31. The number of nitrogens with one attached hydrogen (secondary N) is 1. The molecule has 0 bridgehead atoms. The fourth-order valence-corrected chi connectivity index (χ4v) is 1.44. The second-order valence-electron chi connectivity index (χ2n) is 2.84. The Bertz CT molecular complexity index is 284. The van der Waals surface area contributed by atoms with E-state index in [-0.39, 0.29) is 11.7 Å². The van der Waals surface area contributed by atoms with E-state index in [1.54, 1.807) is 0 Å². The lowest BCUT2D eigenvalue weighted by Crippen LogP contribution is -2.21. The Hall–Kier alpha value is -0.880. The van der Waals surface area contributed by atoms with E-state index >= 15 is 0 Å². The molecule has 0 unspecified atom stereocenters. The van der Waals surface area contributed by atoms with E-state index in [1.807, 2.05) is 0 Å².